The first-order chi connectivity index (χ1) is 8.63. The predicted molar refractivity (Wildman–Crippen MR) is 70.2 cm³/mol. The summed E-state index contributed by atoms with van der Waals surface area (Å²) >= 11 is 0. The number of hydrogen-bond donors (Lipinski definition) is 1. The second-order valence-electron chi connectivity index (χ2n) is 4.47. The van der Waals surface area contributed by atoms with Gasteiger partial charge in [-0.2, -0.15) is 15.0 Å². The Morgan fingerprint density at radius 2 is 2.06 bits per heavy atom. The maximum absolute atomic E-state index is 5.10. The largest absolute Gasteiger partial charge is 0.467 e. The monoisotopic (exact) mass is 252 g/mol. The number of hydrogen-bond acceptors (Lipinski definition) is 7. The number of methoxy groups -OCH3 is 1. The smallest absolute Gasteiger partial charge is 0.322 e. The van der Waals surface area contributed by atoms with Crippen molar-refractivity contribution in [1.82, 2.24) is 19.9 Å². The number of rotatable bonds is 3. The summed E-state index contributed by atoms with van der Waals surface area (Å²) < 4.78 is 5.10. The molecule has 1 atom stereocenters. The Labute approximate surface area is 107 Å². The number of piperazine rings is 1. The highest BCUT2D eigenvalue weighted by molar-refractivity contribution is 5.38. The first-order valence-electron chi connectivity index (χ1n) is 6.07. The van der Waals surface area contributed by atoms with Gasteiger partial charge in [0, 0.05) is 32.7 Å². The Morgan fingerprint density at radius 3 is 2.67 bits per heavy atom. The molecule has 0 bridgehead atoms. The topological polar surface area (TPSA) is 66.4 Å². The van der Waals surface area contributed by atoms with Gasteiger partial charge >= 0.3 is 6.01 Å². The Hall–Kier alpha value is -1.63. The lowest BCUT2D eigenvalue weighted by Crippen LogP contribution is -2.50. The third-order valence-electron chi connectivity index (χ3n) is 3.25. The van der Waals surface area contributed by atoms with E-state index < -0.39 is 0 Å². The minimum Gasteiger partial charge on any atom is -0.467 e. The van der Waals surface area contributed by atoms with Gasteiger partial charge in [-0.3, -0.25) is 0 Å². The van der Waals surface area contributed by atoms with Crippen molar-refractivity contribution in [2.75, 3.05) is 51.1 Å². The summed E-state index contributed by atoms with van der Waals surface area (Å²) in [5.41, 5.74) is 0. The molecule has 0 amide bonds. The van der Waals surface area contributed by atoms with E-state index in [-0.39, 0.29) is 0 Å². The third kappa shape index (κ3) is 2.61. The van der Waals surface area contributed by atoms with Crippen LogP contribution in [0.5, 0.6) is 6.01 Å². The van der Waals surface area contributed by atoms with E-state index in [2.05, 4.69) is 44.0 Å². The molecule has 2 rings (SSSR count). The van der Waals surface area contributed by atoms with E-state index in [0.29, 0.717) is 23.9 Å². The zero-order valence-electron chi connectivity index (χ0n) is 11.3. The summed E-state index contributed by atoms with van der Waals surface area (Å²) in [4.78, 5) is 17.3. The van der Waals surface area contributed by atoms with Crippen molar-refractivity contribution in [2.45, 2.75) is 13.0 Å². The summed E-state index contributed by atoms with van der Waals surface area (Å²) in [6.45, 7) is 5.03. The summed E-state index contributed by atoms with van der Waals surface area (Å²) in [5, 5.41) is 2.92. The van der Waals surface area contributed by atoms with Crippen LogP contribution < -0.4 is 15.0 Å². The third-order valence-corrected chi connectivity index (χ3v) is 3.25. The van der Waals surface area contributed by atoms with Gasteiger partial charge in [0.2, 0.25) is 11.9 Å². The van der Waals surface area contributed by atoms with Crippen LogP contribution in [0.3, 0.4) is 0 Å². The van der Waals surface area contributed by atoms with Crippen molar-refractivity contribution < 1.29 is 4.74 Å². The molecule has 18 heavy (non-hydrogen) atoms. The van der Waals surface area contributed by atoms with Crippen LogP contribution in [0.15, 0.2) is 0 Å². The Morgan fingerprint density at radius 1 is 1.28 bits per heavy atom. The molecular weight excluding hydrogens is 232 g/mol. The van der Waals surface area contributed by atoms with Crippen molar-refractivity contribution in [3.05, 3.63) is 0 Å². The van der Waals surface area contributed by atoms with E-state index >= 15 is 0 Å². The molecule has 1 saturated heterocycles. The fourth-order valence-electron chi connectivity index (χ4n) is 1.92. The zero-order valence-corrected chi connectivity index (χ0v) is 11.3. The number of nitrogens with zero attached hydrogens (tertiary/aromatic N) is 5. The lowest BCUT2D eigenvalue weighted by atomic mass is 10.2. The summed E-state index contributed by atoms with van der Waals surface area (Å²) in [7, 11) is 5.48. The van der Waals surface area contributed by atoms with Crippen molar-refractivity contribution >= 4 is 11.9 Å². The van der Waals surface area contributed by atoms with Gasteiger partial charge in [0.25, 0.3) is 0 Å². The van der Waals surface area contributed by atoms with Crippen LogP contribution in [0.1, 0.15) is 6.92 Å². The first kappa shape index (κ1) is 12.8. The van der Waals surface area contributed by atoms with Gasteiger partial charge in [0.1, 0.15) is 0 Å². The molecule has 1 unspecified atom stereocenters. The summed E-state index contributed by atoms with van der Waals surface area (Å²) in [6.07, 6.45) is 0. The minimum absolute atomic E-state index is 0.343. The molecule has 2 heterocycles. The molecule has 1 aromatic heterocycles. The van der Waals surface area contributed by atoms with E-state index in [0.717, 1.165) is 19.6 Å². The highest BCUT2D eigenvalue weighted by Gasteiger charge is 2.23. The van der Waals surface area contributed by atoms with Gasteiger partial charge < -0.3 is 19.9 Å². The number of ether oxygens (including phenoxy) is 1. The Balaban J connectivity index is 2.22. The molecular formula is C11H20N6O. The van der Waals surface area contributed by atoms with E-state index in [1.807, 2.05) is 0 Å². The highest BCUT2D eigenvalue weighted by atomic mass is 16.5. The molecule has 1 aliphatic heterocycles. The fourth-order valence-corrected chi connectivity index (χ4v) is 1.92. The van der Waals surface area contributed by atoms with E-state index in [9.17, 15) is 0 Å². The average Bonchev–Trinajstić information content (AvgIpc) is 2.41. The van der Waals surface area contributed by atoms with E-state index in [4.69, 9.17) is 4.74 Å². The molecule has 7 heteroatoms. The molecule has 7 nitrogen and oxygen atoms in total. The second kappa shape index (κ2) is 5.34. The van der Waals surface area contributed by atoms with Crippen LogP contribution in [0.2, 0.25) is 0 Å². The molecule has 1 aliphatic rings. The van der Waals surface area contributed by atoms with Crippen molar-refractivity contribution in [2.24, 2.45) is 0 Å². The predicted octanol–water partition coefficient (Wildman–Crippen LogP) is 0.0622. The number of likely N-dealkylation sites (N-methyl/N-ethyl adjacent to an activating group) is 1. The molecule has 100 valence electrons. The minimum atomic E-state index is 0.343. The van der Waals surface area contributed by atoms with Crippen LogP contribution in [0.25, 0.3) is 0 Å². The number of aromatic nitrogens is 3. The van der Waals surface area contributed by atoms with Crippen LogP contribution in [-0.4, -0.2) is 66.7 Å². The quantitative estimate of drug-likeness (QED) is 0.816. The van der Waals surface area contributed by atoms with Gasteiger partial charge in [-0.15, -0.1) is 0 Å². The van der Waals surface area contributed by atoms with Crippen molar-refractivity contribution in [1.29, 1.82) is 0 Å². The number of nitrogens with one attached hydrogen (secondary N) is 1. The molecule has 0 radical (unpaired) electrons. The second-order valence-corrected chi connectivity index (χ2v) is 4.47. The molecule has 1 aromatic rings. The average molecular weight is 252 g/mol. The van der Waals surface area contributed by atoms with E-state index in [1.54, 1.807) is 14.2 Å². The van der Waals surface area contributed by atoms with E-state index in [1.165, 1.54) is 0 Å². The van der Waals surface area contributed by atoms with Crippen LogP contribution >= 0.6 is 0 Å². The van der Waals surface area contributed by atoms with Crippen molar-refractivity contribution in [3.8, 4) is 6.01 Å². The highest BCUT2D eigenvalue weighted by Crippen LogP contribution is 2.17. The van der Waals surface area contributed by atoms with Crippen LogP contribution in [0, 0.1) is 0 Å². The van der Waals surface area contributed by atoms with Gasteiger partial charge in [0.15, 0.2) is 0 Å². The van der Waals surface area contributed by atoms with Gasteiger partial charge in [-0.1, -0.05) is 0 Å². The summed E-state index contributed by atoms with van der Waals surface area (Å²) in [6, 6.07) is 0.829. The maximum atomic E-state index is 5.10. The molecule has 0 saturated carbocycles. The van der Waals surface area contributed by atoms with Gasteiger partial charge in [0.05, 0.1) is 7.11 Å². The van der Waals surface area contributed by atoms with Crippen LogP contribution in [-0.2, 0) is 0 Å². The number of anilines is 2. The molecule has 1 fully saturated rings. The summed E-state index contributed by atoms with van der Waals surface area (Å²) in [5.74, 6) is 1.20. The Kier molecular flexibility index (Phi) is 3.81. The first-order valence-corrected chi connectivity index (χ1v) is 6.07. The van der Waals surface area contributed by atoms with Crippen molar-refractivity contribution in [3.63, 3.8) is 0 Å². The van der Waals surface area contributed by atoms with Crippen LogP contribution in [0.4, 0.5) is 11.9 Å². The maximum Gasteiger partial charge on any atom is 0.322 e. The van der Waals surface area contributed by atoms with Gasteiger partial charge in [-0.25, -0.2) is 0 Å². The molecule has 0 aliphatic carbocycles. The standard InChI is InChI=1S/C11H20N6O/c1-8-7-17(6-5-16(8)3)10-13-9(12-2)14-11(15-10)18-4/h8H,5-7H2,1-4H3,(H,12,13,14,15). The van der Waals surface area contributed by atoms with Gasteiger partial charge in [-0.05, 0) is 14.0 Å². The normalized spacial score (nSPS) is 20.9. The molecule has 0 aromatic carbocycles. The lowest BCUT2D eigenvalue weighted by Gasteiger charge is -2.37. The lowest BCUT2D eigenvalue weighted by molar-refractivity contribution is 0.232. The zero-order chi connectivity index (χ0) is 13.1. The molecule has 0 spiro atoms. The molecule has 1 N–H and O–H groups in total. The Bertz CT molecular complexity index is 390. The fraction of sp³-hybridized carbons (Fsp3) is 0.727. The SMILES string of the molecule is CNc1nc(OC)nc(N2CCN(C)C(C)C2)n1.